The number of ether oxygens (including phenoxy) is 1. The molecular formula is C22H40BrNO. The van der Waals surface area contributed by atoms with Crippen molar-refractivity contribution in [1.29, 1.82) is 0 Å². The van der Waals surface area contributed by atoms with Crippen LogP contribution in [0.2, 0.25) is 0 Å². The van der Waals surface area contributed by atoms with Crippen LogP contribution >= 0.6 is 0 Å². The smallest absolute Gasteiger partial charge is 0.137 e. The van der Waals surface area contributed by atoms with Gasteiger partial charge < -0.3 is 26.2 Å². The molecular weight excluding hydrogens is 374 g/mol. The minimum atomic E-state index is 0. The summed E-state index contributed by atoms with van der Waals surface area (Å²) in [6.07, 6.45) is 14.1. The van der Waals surface area contributed by atoms with Crippen LogP contribution in [0.15, 0.2) is 30.3 Å². The fourth-order valence-corrected chi connectivity index (χ4v) is 3.07. The third-order valence-corrected chi connectivity index (χ3v) is 4.83. The molecule has 146 valence electrons. The van der Waals surface area contributed by atoms with Gasteiger partial charge in [0.2, 0.25) is 0 Å². The molecule has 0 heterocycles. The Morgan fingerprint density at radius 3 is 1.80 bits per heavy atom. The molecule has 0 unspecified atom stereocenters. The van der Waals surface area contributed by atoms with Gasteiger partial charge in [-0.3, -0.25) is 0 Å². The molecule has 0 bridgehead atoms. The van der Waals surface area contributed by atoms with E-state index < -0.39 is 0 Å². The minimum Gasteiger partial charge on any atom is -1.00 e. The zero-order chi connectivity index (χ0) is 17.5. The number of hydrogen-bond acceptors (Lipinski definition) is 1. The lowest BCUT2D eigenvalue weighted by molar-refractivity contribution is -0.890. The van der Waals surface area contributed by atoms with Crippen molar-refractivity contribution in [3.8, 4) is 5.75 Å². The topological polar surface area (TPSA) is 9.23 Å². The Morgan fingerprint density at radius 2 is 1.24 bits per heavy atom. The quantitative estimate of drug-likeness (QED) is 0.317. The number of hydrogen-bond donors (Lipinski definition) is 0. The summed E-state index contributed by atoms with van der Waals surface area (Å²) in [6, 6.07) is 10.1. The number of halogens is 1. The first-order valence-electron chi connectivity index (χ1n) is 10.1. The number of benzene rings is 1. The third-order valence-electron chi connectivity index (χ3n) is 4.83. The standard InChI is InChI=1S/C22H40NO.BrH/c1-4-5-6-7-8-9-10-11-12-16-19-23(2,3)20-21-24-22-17-14-13-15-18-22;/h13-15,17-18H,4-12,16,19-21H2,1-3H3;1H/q+1;/p-1. The Bertz CT molecular complexity index is 394. The Kier molecular flexibility index (Phi) is 15.4. The van der Waals surface area contributed by atoms with Gasteiger partial charge in [0.1, 0.15) is 18.9 Å². The van der Waals surface area contributed by atoms with Crippen molar-refractivity contribution in [2.75, 3.05) is 33.8 Å². The highest BCUT2D eigenvalue weighted by atomic mass is 79.9. The van der Waals surface area contributed by atoms with E-state index >= 15 is 0 Å². The average molecular weight is 414 g/mol. The molecule has 0 spiro atoms. The van der Waals surface area contributed by atoms with Crippen LogP contribution in [0.4, 0.5) is 0 Å². The van der Waals surface area contributed by atoms with Crippen molar-refractivity contribution in [3.05, 3.63) is 30.3 Å². The van der Waals surface area contributed by atoms with Crippen molar-refractivity contribution < 1.29 is 26.2 Å². The summed E-state index contributed by atoms with van der Waals surface area (Å²) in [6.45, 7) is 5.42. The van der Waals surface area contributed by atoms with Crippen LogP contribution in [0.5, 0.6) is 5.75 Å². The molecule has 0 saturated heterocycles. The third kappa shape index (κ3) is 14.3. The molecule has 0 aromatic heterocycles. The predicted octanol–water partition coefficient (Wildman–Crippen LogP) is 3.07. The molecule has 0 aliphatic heterocycles. The van der Waals surface area contributed by atoms with Crippen LogP contribution in [0.3, 0.4) is 0 Å². The molecule has 1 rings (SSSR count). The Morgan fingerprint density at radius 1 is 0.720 bits per heavy atom. The molecule has 0 N–H and O–H groups in total. The molecule has 0 atom stereocenters. The zero-order valence-corrected chi connectivity index (χ0v) is 18.4. The highest BCUT2D eigenvalue weighted by molar-refractivity contribution is 5.20. The molecule has 1 aromatic carbocycles. The maximum Gasteiger partial charge on any atom is 0.137 e. The van der Waals surface area contributed by atoms with E-state index in [0.717, 1.165) is 23.4 Å². The first-order valence-corrected chi connectivity index (χ1v) is 10.1. The minimum absolute atomic E-state index is 0. The highest BCUT2D eigenvalue weighted by Crippen LogP contribution is 2.12. The second-order valence-electron chi connectivity index (χ2n) is 7.73. The van der Waals surface area contributed by atoms with Crippen molar-refractivity contribution in [1.82, 2.24) is 0 Å². The molecule has 25 heavy (non-hydrogen) atoms. The number of likely N-dealkylation sites (N-methyl/N-ethyl adjacent to an activating group) is 1. The maximum absolute atomic E-state index is 5.83. The summed E-state index contributed by atoms with van der Waals surface area (Å²) < 4.78 is 6.89. The molecule has 0 radical (unpaired) electrons. The number of unbranched alkanes of at least 4 members (excludes halogenated alkanes) is 9. The highest BCUT2D eigenvalue weighted by Gasteiger charge is 2.14. The number of para-hydroxylation sites is 1. The van der Waals surface area contributed by atoms with E-state index in [0.29, 0.717) is 0 Å². The largest absolute Gasteiger partial charge is 1.00 e. The molecule has 3 heteroatoms. The van der Waals surface area contributed by atoms with Crippen molar-refractivity contribution in [2.45, 2.75) is 71.1 Å². The molecule has 0 aliphatic rings. The molecule has 1 aromatic rings. The van der Waals surface area contributed by atoms with Gasteiger partial charge in [0.25, 0.3) is 0 Å². The first-order chi connectivity index (χ1) is 11.6. The van der Waals surface area contributed by atoms with Crippen LogP contribution in [0.1, 0.15) is 71.1 Å². The summed E-state index contributed by atoms with van der Waals surface area (Å²) in [5.74, 6) is 0.983. The summed E-state index contributed by atoms with van der Waals surface area (Å²) in [7, 11) is 4.64. The fraction of sp³-hybridized carbons (Fsp3) is 0.727. The van der Waals surface area contributed by atoms with Gasteiger partial charge in [0, 0.05) is 0 Å². The lowest BCUT2D eigenvalue weighted by Gasteiger charge is -2.29. The van der Waals surface area contributed by atoms with E-state index in [9.17, 15) is 0 Å². The summed E-state index contributed by atoms with van der Waals surface area (Å²) >= 11 is 0. The Labute approximate surface area is 167 Å². The lowest BCUT2D eigenvalue weighted by atomic mass is 10.1. The number of quaternary nitrogens is 1. The monoisotopic (exact) mass is 413 g/mol. The summed E-state index contributed by atoms with van der Waals surface area (Å²) in [4.78, 5) is 0. The van der Waals surface area contributed by atoms with E-state index in [1.54, 1.807) is 0 Å². The van der Waals surface area contributed by atoms with E-state index in [1.165, 1.54) is 70.8 Å². The fourth-order valence-electron chi connectivity index (χ4n) is 3.07. The average Bonchev–Trinajstić information content (AvgIpc) is 2.57. The second-order valence-corrected chi connectivity index (χ2v) is 7.73. The zero-order valence-electron chi connectivity index (χ0n) is 16.8. The van der Waals surface area contributed by atoms with Crippen molar-refractivity contribution in [2.24, 2.45) is 0 Å². The summed E-state index contributed by atoms with van der Waals surface area (Å²) in [5.41, 5.74) is 0. The van der Waals surface area contributed by atoms with Crippen molar-refractivity contribution >= 4 is 0 Å². The lowest BCUT2D eigenvalue weighted by Crippen LogP contribution is -3.00. The molecule has 0 amide bonds. The van der Waals surface area contributed by atoms with E-state index in [2.05, 4.69) is 21.0 Å². The van der Waals surface area contributed by atoms with E-state index in [1.807, 2.05) is 30.3 Å². The molecule has 0 fully saturated rings. The van der Waals surface area contributed by atoms with Gasteiger partial charge in [-0.15, -0.1) is 0 Å². The van der Waals surface area contributed by atoms with Gasteiger partial charge in [-0.25, -0.2) is 0 Å². The van der Waals surface area contributed by atoms with E-state index in [-0.39, 0.29) is 17.0 Å². The normalized spacial score (nSPS) is 11.2. The van der Waals surface area contributed by atoms with Gasteiger partial charge in [-0.05, 0) is 25.0 Å². The number of nitrogens with zero attached hydrogens (tertiary/aromatic N) is 1. The van der Waals surface area contributed by atoms with Gasteiger partial charge in [-0.1, -0.05) is 76.5 Å². The van der Waals surface area contributed by atoms with Crippen LogP contribution in [0, 0.1) is 0 Å². The molecule has 2 nitrogen and oxygen atoms in total. The predicted molar refractivity (Wildman–Crippen MR) is 106 cm³/mol. The second kappa shape index (κ2) is 15.7. The molecule has 0 aliphatic carbocycles. The number of rotatable bonds is 15. The van der Waals surface area contributed by atoms with E-state index in [4.69, 9.17) is 4.74 Å². The van der Waals surface area contributed by atoms with Gasteiger partial charge >= 0.3 is 0 Å². The summed E-state index contributed by atoms with van der Waals surface area (Å²) in [5, 5.41) is 0. The SMILES string of the molecule is CCCCCCCCCCCC[N+](C)(C)CCOc1ccccc1.[Br-]. The Hall–Kier alpha value is -0.540. The maximum atomic E-state index is 5.83. The first kappa shape index (κ1) is 24.5. The van der Waals surface area contributed by atoms with Gasteiger partial charge in [0.05, 0.1) is 20.6 Å². The van der Waals surface area contributed by atoms with Crippen LogP contribution in [-0.4, -0.2) is 38.3 Å². The molecule has 0 saturated carbocycles. The van der Waals surface area contributed by atoms with Gasteiger partial charge in [-0.2, -0.15) is 0 Å². The van der Waals surface area contributed by atoms with Crippen LogP contribution < -0.4 is 21.7 Å². The van der Waals surface area contributed by atoms with Gasteiger partial charge in [0.15, 0.2) is 0 Å². The van der Waals surface area contributed by atoms with Crippen molar-refractivity contribution in [3.63, 3.8) is 0 Å². The Balaban J connectivity index is 0.00000576. The van der Waals surface area contributed by atoms with Crippen LogP contribution in [0.25, 0.3) is 0 Å². The van der Waals surface area contributed by atoms with Crippen LogP contribution in [-0.2, 0) is 0 Å².